The maximum atomic E-state index is 11.3. The van der Waals surface area contributed by atoms with Gasteiger partial charge in [0.15, 0.2) is 0 Å². The number of aryl methyl sites for hydroxylation is 1. The number of amides is 1. The van der Waals surface area contributed by atoms with E-state index in [2.05, 4.69) is 10.5 Å². The molecular weight excluding hydrogens is 240 g/mol. The molecule has 0 radical (unpaired) electrons. The summed E-state index contributed by atoms with van der Waals surface area (Å²) in [6, 6.07) is 0. The number of hydroxylamine groups is 1. The van der Waals surface area contributed by atoms with E-state index in [-0.39, 0.29) is 18.1 Å². The largest absolute Gasteiger partial charge is 0.381 e. The van der Waals surface area contributed by atoms with Crippen molar-refractivity contribution >= 4 is 11.7 Å². The molecule has 0 bridgehead atoms. The van der Waals surface area contributed by atoms with Gasteiger partial charge in [-0.1, -0.05) is 13.8 Å². The van der Waals surface area contributed by atoms with Crippen LogP contribution in [0.3, 0.4) is 0 Å². The number of carbonyl (C=O) groups is 1. The first kappa shape index (κ1) is 14.1. The second kappa shape index (κ2) is 6.70. The number of hydrogen-bond donors (Lipinski definition) is 1. The van der Waals surface area contributed by atoms with E-state index in [1.54, 1.807) is 0 Å². The third-order valence-electron chi connectivity index (χ3n) is 2.01. The Kier molecular flexibility index (Phi) is 5.25. The first-order valence-corrected chi connectivity index (χ1v) is 5.56. The highest BCUT2D eigenvalue weighted by molar-refractivity contribution is 5.74. The second-order valence-electron chi connectivity index (χ2n) is 4.21. The van der Waals surface area contributed by atoms with Crippen molar-refractivity contribution in [2.24, 2.45) is 5.92 Å². The zero-order chi connectivity index (χ0) is 13.5. The molecule has 0 fully saturated rings. The molecule has 0 aromatic carbocycles. The fourth-order valence-corrected chi connectivity index (χ4v) is 1.14. The lowest BCUT2D eigenvalue weighted by Crippen LogP contribution is -2.26. The molecule has 1 aromatic heterocycles. The lowest BCUT2D eigenvalue weighted by Gasteiger charge is -2.07. The summed E-state index contributed by atoms with van der Waals surface area (Å²) in [5, 5.41) is 10.4. The molecule has 0 aliphatic heterocycles. The Morgan fingerprint density at radius 2 is 2.39 bits per heavy atom. The van der Waals surface area contributed by atoms with Crippen molar-refractivity contribution < 1.29 is 14.6 Å². The SMILES string of the molecule is CC(C)CONC(=O)CCn1cnc([N+](=O)[O-])c1. The van der Waals surface area contributed by atoms with E-state index in [1.165, 1.54) is 17.1 Å². The third kappa shape index (κ3) is 4.91. The summed E-state index contributed by atoms with van der Waals surface area (Å²) in [6.45, 7) is 4.70. The van der Waals surface area contributed by atoms with Crippen LogP contribution in [-0.2, 0) is 16.2 Å². The quantitative estimate of drug-likeness (QED) is 0.576. The van der Waals surface area contributed by atoms with Gasteiger partial charge in [-0.3, -0.25) is 9.63 Å². The molecule has 0 unspecified atom stereocenters. The summed E-state index contributed by atoms with van der Waals surface area (Å²) in [6.07, 6.45) is 2.77. The Hall–Kier alpha value is -1.96. The van der Waals surface area contributed by atoms with E-state index in [1.807, 2.05) is 13.8 Å². The van der Waals surface area contributed by atoms with Crippen molar-refractivity contribution in [3.05, 3.63) is 22.6 Å². The molecule has 0 saturated carbocycles. The number of nitro groups is 1. The first-order valence-electron chi connectivity index (χ1n) is 5.56. The van der Waals surface area contributed by atoms with Gasteiger partial charge in [0.25, 0.3) is 0 Å². The minimum atomic E-state index is -0.581. The molecule has 0 saturated heterocycles. The van der Waals surface area contributed by atoms with Crippen LogP contribution in [0, 0.1) is 16.0 Å². The highest BCUT2D eigenvalue weighted by Crippen LogP contribution is 2.05. The topological polar surface area (TPSA) is 99.3 Å². The summed E-state index contributed by atoms with van der Waals surface area (Å²) in [5.41, 5.74) is 2.31. The molecule has 1 N–H and O–H groups in total. The van der Waals surface area contributed by atoms with Crippen molar-refractivity contribution in [1.82, 2.24) is 15.0 Å². The monoisotopic (exact) mass is 256 g/mol. The minimum absolute atomic E-state index is 0.172. The Morgan fingerprint density at radius 1 is 1.67 bits per heavy atom. The van der Waals surface area contributed by atoms with Crippen LogP contribution in [0.25, 0.3) is 0 Å². The lowest BCUT2D eigenvalue weighted by molar-refractivity contribution is -0.389. The van der Waals surface area contributed by atoms with Gasteiger partial charge in [0.2, 0.25) is 12.2 Å². The van der Waals surface area contributed by atoms with E-state index in [0.717, 1.165) is 0 Å². The van der Waals surface area contributed by atoms with Crippen LogP contribution in [0.2, 0.25) is 0 Å². The molecule has 1 heterocycles. The molecule has 0 spiro atoms. The number of nitrogens with one attached hydrogen (secondary N) is 1. The average Bonchev–Trinajstić information content (AvgIpc) is 2.74. The van der Waals surface area contributed by atoms with Gasteiger partial charge in [-0.25, -0.2) is 5.48 Å². The fraction of sp³-hybridized carbons (Fsp3) is 0.600. The van der Waals surface area contributed by atoms with Crippen LogP contribution in [0.15, 0.2) is 12.5 Å². The van der Waals surface area contributed by atoms with Crippen molar-refractivity contribution in [2.45, 2.75) is 26.8 Å². The van der Waals surface area contributed by atoms with Gasteiger partial charge in [0.05, 0.1) is 6.61 Å². The summed E-state index contributed by atoms with van der Waals surface area (Å²) in [5.74, 6) is -0.167. The van der Waals surface area contributed by atoms with Crippen LogP contribution < -0.4 is 5.48 Å². The highest BCUT2D eigenvalue weighted by atomic mass is 16.7. The summed E-state index contributed by atoms with van der Waals surface area (Å²) in [7, 11) is 0. The normalized spacial score (nSPS) is 10.6. The Labute approximate surface area is 104 Å². The van der Waals surface area contributed by atoms with E-state index in [9.17, 15) is 14.9 Å². The standard InChI is InChI=1S/C10H16N4O4/c1-8(2)6-18-12-10(15)3-4-13-5-9(11-7-13)14(16)17/h5,7-8H,3-4,6H2,1-2H3,(H,12,15). The van der Waals surface area contributed by atoms with Gasteiger partial charge < -0.3 is 14.7 Å². The first-order chi connectivity index (χ1) is 8.49. The third-order valence-corrected chi connectivity index (χ3v) is 2.01. The zero-order valence-corrected chi connectivity index (χ0v) is 10.3. The number of nitrogens with zero attached hydrogens (tertiary/aromatic N) is 3. The van der Waals surface area contributed by atoms with E-state index >= 15 is 0 Å². The van der Waals surface area contributed by atoms with Crippen LogP contribution in [0.1, 0.15) is 20.3 Å². The minimum Gasteiger partial charge on any atom is -0.358 e. The molecule has 8 heteroatoms. The maximum absolute atomic E-state index is 11.3. The molecule has 8 nitrogen and oxygen atoms in total. The molecule has 0 aliphatic rings. The van der Waals surface area contributed by atoms with Gasteiger partial charge >= 0.3 is 5.82 Å². The van der Waals surface area contributed by atoms with E-state index in [0.29, 0.717) is 19.1 Å². The highest BCUT2D eigenvalue weighted by Gasteiger charge is 2.10. The van der Waals surface area contributed by atoms with Crippen molar-refractivity contribution in [3.8, 4) is 0 Å². The van der Waals surface area contributed by atoms with Gasteiger partial charge in [-0.2, -0.15) is 0 Å². The molecule has 18 heavy (non-hydrogen) atoms. The molecule has 1 rings (SSSR count). The van der Waals surface area contributed by atoms with Gasteiger partial charge in [-0.05, 0) is 15.8 Å². The van der Waals surface area contributed by atoms with E-state index in [4.69, 9.17) is 4.84 Å². The summed E-state index contributed by atoms with van der Waals surface area (Å²) >= 11 is 0. The van der Waals surface area contributed by atoms with Crippen molar-refractivity contribution in [3.63, 3.8) is 0 Å². The second-order valence-corrected chi connectivity index (χ2v) is 4.21. The molecule has 100 valence electrons. The van der Waals surface area contributed by atoms with Crippen LogP contribution in [0.4, 0.5) is 5.82 Å². The van der Waals surface area contributed by atoms with Gasteiger partial charge in [0, 0.05) is 13.0 Å². The molecule has 1 aromatic rings. The predicted octanol–water partition coefficient (Wildman–Crippen LogP) is 0.885. The predicted molar refractivity (Wildman–Crippen MR) is 62.4 cm³/mol. The number of carbonyl (C=O) groups excluding carboxylic acids is 1. The van der Waals surface area contributed by atoms with Crippen LogP contribution in [0.5, 0.6) is 0 Å². The molecular formula is C10H16N4O4. The fourth-order valence-electron chi connectivity index (χ4n) is 1.14. The zero-order valence-electron chi connectivity index (χ0n) is 10.3. The Bertz CT molecular complexity index is 416. The number of aromatic nitrogens is 2. The van der Waals surface area contributed by atoms with Gasteiger partial charge in [0.1, 0.15) is 6.20 Å². The summed E-state index contributed by atoms with van der Waals surface area (Å²) in [4.78, 5) is 29.7. The number of rotatable bonds is 7. The summed E-state index contributed by atoms with van der Waals surface area (Å²) < 4.78 is 1.49. The number of hydrogen-bond acceptors (Lipinski definition) is 5. The maximum Gasteiger partial charge on any atom is 0.381 e. The van der Waals surface area contributed by atoms with Crippen LogP contribution in [-0.4, -0.2) is 27.0 Å². The van der Waals surface area contributed by atoms with E-state index < -0.39 is 4.92 Å². The van der Waals surface area contributed by atoms with Crippen molar-refractivity contribution in [2.75, 3.05) is 6.61 Å². The smallest absolute Gasteiger partial charge is 0.358 e. The number of imidazole rings is 1. The molecule has 1 amide bonds. The van der Waals surface area contributed by atoms with Crippen molar-refractivity contribution in [1.29, 1.82) is 0 Å². The Morgan fingerprint density at radius 3 is 2.94 bits per heavy atom. The van der Waals surface area contributed by atoms with Gasteiger partial charge in [-0.15, -0.1) is 0 Å². The Balaban J connectivity index is 2.27. The molecule has 0 aliphatic carbocycles. The average molecular weight is 256 g/mol. The van der Waals surface area contributed by atoms with Crippen LogP contribution >= 0.6 is 0 Å². The lowest BCUT2D eigenvalue weighted by atomic mass is 10.2. The molecule has 0 atom stereocenters.